The Labute approximate surface area is 117 Å². The fourth-order valence-corrected chi connectivity index (χ4v) is 3.49. The van der Waals surface area contributed by atoms with Crippen LogP contribution in [0.5, 0.6) is 0 Å². The maximum absolute atomic E-state index is 12.2. The summed E-state index contributed by atoms with van der Waals surface area (Å²) in [6.45, 7) is 2.52. The van der Waals surface area contributed by atoms with Crippen LogP contribution in [0.1, 0.15) is 44.1 Å². The lowest BCUT2D eigenvalue weighted by Gasteiger charge is -2.27. The molecule has 1 aliphatic heterocycles. The predicted octanol–water partition coefficient (Wildman–Crippen LogP) is 2.11. The van der Waals surface area contributed by atoms with Crippen LogP contribution in [0.15, 0.2) is 16.8 Å². The molecule has 0 saturated carbocycles. The Balaban J connectivity index is 2.09. The van der Waals surface area contributed by atoms with E-state index in [4.69, 9.17) is 5.73 Å². The van der Waals surface area contributed by atoms with E-state index < -0.39 is 11.9 Å². The Morgan fingerprint density at radius 3 is 2.95 bits per heavy atom. The molecule has 0 radical (unpaired) electrons. The number of amides is 2. The smallest absolute Gasteiger partial charge is 0.240 e. The van der Waals surface area contributed by atoms with Gasteiger partial charge in [0.2, 0.25) is 11.8 Å². The highest BCUT2D eigenvalue weighted by Crippen LogP contribution is 2.30. The number of nitrogens with two attached hydrogens (primary N) is 1. The summed E-state index contributed by atoms with van der Waals surface area (Å²) in [5.74, 6) is 0.0822. The number of rotatable bonds is 4. The van der Waals surface area contributed by atoms with Gasteiger partial charge in [0.1, 0.15) is 6.04 Å². The van der Waals surface area contributed by atoms with Crippen LogP contribution in [-0.4, -0.2) is 29.3 Å². The van der Waals surface area contributed by atoms with Crippen LogP contribution >= 0.6 is 11.3 Å². The fourth-order valence-electron chi connectivity index (χ4n) is 2.75. The molecule has 0 aromatic carbocycles. The number of thiophene rings is 1. The summed E-state index contributed by atoms with van der Waals surface area (Å²) in [6.07, 6.45) is 2.86. The molecule has 104 valence electrons. The topological polar surface area (TPSA) is 63.4 Å². The van der Waals surface area contributed by atoms with Crippen molar-refractivity contribution < 1.29 is 9.59 Å². The first-order valence-corrected chi connectivity index (χ1v) is 7.68. The molecule has 1 aromatic heterocycles. The highest BCUT2D eigenvalue weighted by atomic mass is 32.1. The molecular formula is C14H20N2O2S. The lowest BCUT2D eigenvalue weighted by Crippen LogP contribution is -2.47. The van der Waals surface area contributed by atoms with Crippen LogP contribution in [0.2, 0.25) is 0 Å². The molecule has 5 heteroatoms. The minimum atomic E-state index is -0.450. The second-order valence-corrected chi connectivity index (χ2v) is 5.77. The predicted molar refractivity (Wildman–Crippen MR) is 75.9 cm³/mol. The van der Waals surface area contributed by atoms with Gasteiger partial charge >= 0.3 is 0 Å². The highest BCUT2D eigenvalue weighted by Gasteiger charge is 2.30. The van der Waals surface area contributed by atoms with E-state index >= 15 is 0 Å². The van der Waals surface area contributed by atoms with Gasteiger partial charge < -0.3 is 10.6 Å². The van der Waals surface area contributed by atoms with E-state index in [1.54, 1.807) is 16.2 Å². The van der Waals surface area contributed by atoms with E-state index in [0.29, 0.717) is 25.3 Å². The first-order chi connectivity index (χ1) is 9.13. The van der Waals surface area contributed by atoms with Crippen molar-refractivity contribution in [1.82, 2.24) is 4.90 Å². The molecule has 2 amide bonds. The Morgan fingerprint density at radius 1 is 1.58 bits per heavy atom. The fraction of sp³-hybridized carbons (Fsp3) is 0.571. The molecule has 4 nitrogen and oxygen atoms in total. The second-order valence-electron chi connectivity index (χ2n) is 4.99. The van der Waals surface area contributed by atoms with Crippen molar-refractivity contribution in [2.45, 2.75) is 44.6 Å². The first kappa shape index (κ1) is 14.1. The van der Waals surface area contributed by atoms with Crippen LogP contribution < -0.4 is 5.73 Å². The van der Waals surface area contributed by atoms with Crippen molar-refractivity contribution >= 4 is 23.2 Å². The summed E-state index contributed by atoms with van der Waals surface area (Å²) in [7, 11) is 0. The maximum atomic E-state index is 12.2. The van der Waals surface area contributed by atoms with Gasteiger partial charge in [-0.15, -0.1) is 0 Å². The van der Waals surface area contributed by atoms with E-state index in [1.807, 2.05) is 6.92 Å². The van der Waals surface area contributed by atoms with Crippen molar-refractivity contribution in [2.75, 3.05) is 6.54 Å². The Bertz CT molecular complexity index is 444. The molecule has 1 fully saturated rings. The maximum Gasteiger partial charge on any atom is 0.240 e. The zero-order chi connectivity index (χ0) is 13.8. The summed E-state index contributed by atoms with van der Waals surface area (Å²) in [5.41, 5.74) is 6.70. The van der Waals surface area contributed by atoms with Gasteiger partial charge in [-0.3, -0.25) is 9.59 Å². The Morgan fingerprint density at radius 2 is 2.37 bits per heavy atom. The quantitative estimate of drug-likeness (QED) is 0.918. The van der Waals surface area contributed by atoms with Gasteiger partial charge in [-0.1, -0.05) is 6.92 Å². The van der Waals surface area contributed by atoms with Gasteiger partial charge in [-0.25, -0.2) is 0 Å². The van der Waals surface area contributed by atoms with E-state index in [2.05, 4.69) is 16.8 Å². The van der Waals surface area contributed by atoms with Crippen molar-refractivity contribution in [2.24, 2.45) is 5.73 Å². The molecule has 0 aliphatic carbocycles. The third-order valence-corrected chi connectivity index (χ3v) is 4.55. The van der Waals surface area contributed by atoms with Gasteiger partial charge in [0, 0.05) is 13.0 Å². The van der Waals surface area contributed by atoms with E-state index in [0.717, 1.165) is 12.8 Å². The Kier molecular flexibility index (Phi) is 4.58. The average Bonchev–Trinajstić information content (AvgIpc) is 2.84. The standard InChI is InChI=1S/C14H20N2O2S/c1-2-12(14(15)18)16-7-5-10(3-4-13(16)17)11-6-8-19-9-11/h6,8-10,12H,2-5,7H2,1H3,(H2,15,18). The van der Waals surface area contributed by atoms with Crippen LogP contribution in [0.3, 0.4) is 0 Å². The minimum Gasteiger partial charge on any atom is -0.368 e. The summed E-state index contributed by atoms with van der Waals surface area (Å²) in [4.78, 5) is 25.3. The third-order valence-electron chi connectivity index (χ3n) is 3.85. The molecule has 0 spiro atoms. The minimum absolute atomic E-state index is 0.0587. The lowest BCUT2D eigenvalue weighted by molar-refractivity contribution is -0.139. The number of primary amides is 1. The average molecular weight is 280 g/mol. The normalized spacial score (nSPS) is 22.1. The number of hydrogen-bond acceptors (Lipinski definition) is 3. The Hall–Kier alpha value is -1.36. The van der Waals surface area contributed by atoms with Crippen LogP contribution in [-0.2, 0) is 9.59 Å². The van der Waals surface area contributed by atoms with Crippen LogP contribution in [0, 0.1) is 0 Å². The summed E-state index contributed by atoms with van der Waals surface area (Å²) in [6, 6.07) is 1.68. The van der Waals surface area contributed by atoms with E-state index in [1.165, 1.54) is 5.56 Å². The monoisotopic (exact) mass is 280 g/mol. The second kappa shape index (κ2) is 6.19. The zero-order valence-corrected chi connectivity index (χ0v) is 12.0. The lowest BCUT2D eigenvalue weighted by atomic mass is 9.94. The SMILES string of the molecule is CCC(C(N)=O)N1CCC(c2ccsc2)CCC1=O. The molecule has 2 rings (SSSR count). The zero-order valence-electron chi connectivity index (χ0n) is 11.2. The third kappa shape index (κ3) is 3.15. The van der Waals surface area contributed by atoms with Crippen molar-refractivity contribution in [3.8, 4) is 0 Å². The molecule has 0 bridgehead atoms. The summed E-state index contributed by atoms with van der Waals surface area (Å²) in [5, 5.41) is 4.22. The molecule has 2 N–H and O–H groups in total. The van der Waals surface area contributed by atoms with Gasteiger partial charge in [-0.2, -0.15) is 11.3 Å². The van der Waals surface area contributed by atoms with E-state index in [9.17, 15) is 9.59 Å². The molecule has 1 aromatic rings. The molecule has 1 saturated heterocycles. The van der Waals surface area contributed by atoms with E-state index in [-0.39, 0.29) is 5.91 Å². The number of hydrogen-bond donors (Lipinski definition) is 1. The number of nitrogens with zero attached hydrogens (tertiary/aromatic N) is 1. The summed E-state index contributed by atoms with van der Waals surface area (Å²) >= 11 is 1.68. The van der Waals surface area contributed by atoms with Crippen molar-refractivity contribution in [3.05, 3.63) is 22.4 Å². The van der Waals surface area contributed by atoms with Gasteiger partial charge in [0.15, 0.2) is 0 Å². The first-order valence-electron chi connectivity index (χ1n) is 6.74. The highest BCUT2D eigenvalue weighted by molar-refractivity contribution is 7.07. The number of likely N-dealkylation sites (tertiary alicyclic amines) is 1. The summed E-state index contributed by atoms with van der Waals surface area (Å²) < 4.78 is 0. The molecule has 2 atom stereocenters. The van der Waals surface area contributed by atoms with Crippen molar-refractivity contribution in [1.29, 1.82) is 0 Å². The van der Waals surface area contributed by atoms with Crippen LogP contribution in [0.25, 0.3) is 0 Å². The van der Waals surface area contributed by atoms with Crippen molar-refractivity contribution in [3.63, 3.8) is 0 Å². The number of carbonyl (C=O) groups is 2. The molecule has 19 heavy (non-hydrogen) atoms. The molecule has 1 aliphatic rings. The molecule has 2 unspecified atom stereocenters. The molecule has 2 heterocycles. The van der Waals surface area contributed by atoms with Gasteiger partial charge in [0.25, 0.3) is 0 Å². The van der Waals surface area contributed by atoms with Crippen LogP contribution in [0.4, 0.5) is 0 Å². The van der Waals surface area contributed by atoms with Gasteiger partial charge in [-0.05, 0) is 47.6 Å². The van der Waals surface area contributed by atoms with Gasteiger partial charge in [0.05, 0.1) is 0 Å². The largest absolute Gasteiger partial charge is 0.368 e. The number of carbonyl (C=O) groups excluding carboxylic acids is 2. The molecular weight excluding hydrogens is 260 g/mol.